The van der Waals surface area contributed by atoms with Crippen LogP contribution in [-0.4, -0.2) is 12.5 Å². The Labute approximate surface area is 165 Å². The first-order valence-corrected chi connectivity index (χ1v) is 9.75. The molecule has 0 atom stereocenters. The van der Waals surface area contributed by atoms with Gasteiger partial charge in [0.2, 0.25) is 0 Å². The first-order valence-electron chi connectivity index (χ1n) is 9.37. The van der Waals surface area contributed by atoms with Gasteiger partial charge in [0, 0.05) is 17.9 Å². The lowest BCUT2D eigenvalue weighted by molar-refractivity contribution is -0.0112. The van der Waals surface area contributed by atoms with Crippen molar-refractivity contribution in [2.24, 2.45) is 0 Å². The molecule has 1 aliphatic rings. The van der Waals surface area contributed by atoms with E-state index in [9.17, 15) is 8.78 Å². The highest BCUT2D eigenvalue weighted by atomic mass is 35.5. The third-order valence-corrected chi connectivity index (χ3v) is 5.72. The minimum Gasteiger partial charge on any atom is -0.489 e. The second-order valence-corrected chi connectivity index (χ2v) is 7.67. The second kappa shape index (κ2) is 8.02. The Kier molecular flexibility index (Phi) is 5.90. The van der Waals surface area contributed by atoms with Gasteiger partial charge in [0.15, 0.2) is 0 Å². The molecule has 0 radical (unpaired) electrons. The topological polar surface area (TPSA) is 9.23 Å². The Morgan fingerprint density at radius 2 is 1.74 bits per heavy atom. The molecular formula is C23H25ClF2O. The fourth-order valence-corrected chi connectivity index (χ4v) is 3.81. The van der Waals surface area contributed by atoms with E-state index in [1.165, 1.54) is 11.1 Å². The highest BCUT2D eigenvalue weighted by Crippen LogP contribution is 2.41. The monoisotopic (exact) mass is 390 g/mol. The zero-order valence-electron chi connectivity index (χ0n) is 16.0. The van der Waals surface area contributed by atoms with Crippen molar-refractivity contribution in [2.45, 2.75) is 52.4 Å². The summed E-state index contributed by atoms with van der Waals surface area (Å²) in [6.07, 6.45) is 0.930. The third kappa shape index (κ3) is 4.52. The predicted molar refractivity (Wildman–Crippen MR) is 108 cm³/mol. The van der Waals surface area contributed by atoms with Crippen LogP contribution in [0.2, 0.25) is 5.02 Å². The minimum atomic E-state index is -2.67. The van der Waals surface area contributed by atoms with Crippen LogP contribution in [0.5, 0.6) is 5.75 Å². The van der Waals surface area contributed by atoms with Crippen molar-refractivity contribution in [1.82, 2.24) is 0 Å². The van der Waals surface area contributed by atoms with Crippen molar-refractivity contribution in [3.8, 4) is 5.75 Å². The molecule has 0 aromatic heterocycles. The smallest absolute Gasteiger partial charge is 0.252 e. The molecule has 3 rings (SSSR count). The summed E-state index contributed by atoms with van der Waals surface area (Å²) in [6.45, 7) is 6.40. The van der Waals surface area contributed by atoms with Gasteiger partial charge in [-0.3, -0.25) is 0 Å². The second-order valence-electron chi connectivity index (χ2n) is 7.24. The number of alkyl halides is 2. The van der Waals surface area contributed by atoms with Crippen LogP contribution < -0.4 is 4.74 Å². The van der Waals surface area contributed by atoms with Gasteiger partial charge in [0.05, 0.1) is 0 Å². The number of aryl methyl sites for hydroxylation is 1. The van der Waals surface area contributed by atoms with E-state index in [1.807, 2.05) is 25.1 Å². The highest BCUT2D eigenvalue weighted by molar-refractivity contribution is 6.30. The molecule has 4 heteroatoms. The molecule has 0 bridgehead atoms. The largest absolute Gasteiger partial charge is 0.489 e. The minimum absolute atomic E-state index is 0.127. The van der Waals surface area contributed by atoms with E-state index in [4.69, 9.17) is 16.3 Å². The van der Waals surface area contributed by atoms with Gasteiger partial charge in [-0.15, -0.1) is 0 Å². The van der Waals surface area contributed by atoms with E-state index < -0.39 is 5.92 Å². The molecule has 144 valence electrons. The van der Waals surface area contributed by atoms with Crippen LogP contribution in [0.3, 0.4) is 0 Å². The molecular weight excluding hydrogens is 366 g/mol. The van der Waals surface area contributed by atoms with Crippen molar-refractivity contribution < 1.29 is 13.5 Å². The molecule has 2 aromatic rings. The van der Waals surface area contributed by atoms with Gasteiger partial charge in [-0.2, -0.15) is 0 Å². The van der Waals surface area contributed by atoms with Gasteiger partial charge >= 0.3 is 0 Å². The highest BCUT2D eigenvalue weighted by Gasteiger charge is 2.35. The van der Waals surface area contributed by atoms with Gasteiger partial charge in [-0.05, 0) is 78.3 Å². The Hall–Kier alpha value is -1.87. The summed E-state index contributed by atoms with van der Waals surface area (Å²) >= 11 is 5.97. The number of halogens is 3. The summed E-state index contributed by atoms with van der Waals surface area (Å²) in [5, 5.41) is 0.639. The number of ether oxygens (including phenoxy) is 1. The Balaban J connectivity index is 1.89. The molecule has 1 nitrogen and oxygen atoms in total. The molecule has 0 spiro atoms. The van der Waals surface area contributed by atoms with Gasteiger partial charge in [-0.25, -0.2) is 8.78 Å². The molecule has 0 aliphatic heterocycles. The molecule has 0 unspecified atom stereocenters. The first-order chi connectivity index (χ1) is 12.8. The van der Waals surface area contributed by atoms with Gasteiger partial charge in [0.25, 0.3) is 5.92 Å². The van der Waals surface area contributed by atoms with Crippen LogP contribution in [0.1, 0.15) is 48.4 Å². The summed E-state index contributed by atoms with van der Waals surface area (Å²) in [4.78, 5) is 0. The lowest BCUT2D eigenvalue weighted by Crippen LogP contribution is -2.24. The Bertz CT molecular complexity index is 853. The maximum absolute atomic E-state index is 14.1. The molecule has 0 amide bonds. The van der Waals surface area contributed by atoms with Gasteiger partial charge in [-0.1, -0.05) is 36.7 Å². The molecule has 2 aromatic carbocycles. The molecule has 0 saturated heterocycles. The van der Waals surface area contributed by atoms with Crippen molar-refractivity contribution >= 4 is 17.2 Å². The van der Waals surface area contributed by atoms with E-state index in [0.717, 1.165) is 28.9 Å². The van der Waals surface area contributed by atoms with E-state index >= 15 is 0 Å². The predicted octanol–water partition coefficient (Wildman–Crippen LogP) is 7.17. The average Bonchev–Trinajstić information content (AvgIpc) is 2.63. The van der Waals surface area contributed by atoms with Crippen LogP contribution >= 0.6 is 11.6 Å². The van der Waals surface area contributed by atoms with Crippen LogP contribution in [-0.2, 0) is 6.42 Å². The van der Waals surface area contributed by atoms with E-state index in [-0.39, 0.29) is 19.4 Å². The number of benzene rings is 2. The first kappa shape index (κ1) is 19.9. The van der Waals surface area contributed by atoms with Crippen LogP contribution in [0.15, 0.2) is 42.0 Å². The SMILES string of the molecule is CCc1ccc(OCC2=C(c3ccc(Cl)cc3)CCC(F)(F)C2)c(C)c1C. The normalized spacial score (nSPS) is 16.5. The summed E-state index contributed by atoms with van der Waals surface area (Å²) in [7, 11) is 0. The quantitative estimate of drug-likeness (QED) is 0.525. The van der Waals surface area contributed by atoms with Gasteiger partial charge < -0.3 is 4.74 Å². The molecule has 1 aliphatic carbocycles. The van der Waals surface area contributed by atoms with E-state index in [0.29, 0.717) is 17.0 Å². The summed E-state index contributed by atoms with van der Waals surface area (Å²) < 4.78 is 34.1. The maximum Gasteiger partial charge on any atom is 0.252 e. The van der Waals surface area contributed by atoms with Crippen LogP contribution in [0.4, 0.5) is 8.78 Å². The Morgan fingerprint density at radius 3 is 2.41 bits per heavy atom. The zero-order chi connectivity index (χ0) is 19.6. The van der Waals surface area contributed by atoms with Crippen molar-refractivity contribution in [3.63, 3.8) is 0 Å². The van der Waals surface area contributed by atoms with Gasteiger partial charge in [0.1, 0.15) is 12.4 Å². The number of rotatable bonds is 5. The van der Waals surface area contributed by atoms with E-state index in [1.54, 1.807) is 12.1 Å². The fraction of sp³-hybridized carbons (Fsp3) is 0.391. The molecule has 0 saturated carbocycles. The average molecular weight is 391 g/mol. The summed E-state index contributed by atoms with van der Waals surface area (Å²) in [5.74, 6) is -1.91. The molecule has 0 fully saturated rings. The standard InChI is InChI=1S/C23H25ClF2O/c1-4-17-7-10-22(16(3)15(17)2)27-14-19-13-23(25,26)12-11-21(19)18-5-8-20(24)9-6-18/h5-10H,4,11-14H2,1-3H3. The van der Waals surface area contributed by atoms with Crippen LogP contribution in [0, 0.1) is 13.8 Å². The molecule has 0 heterocycles. The number of allylic oxidation sites excluding steroid dienone is 1. The maximum atomic E-state index is 14.1. The van der Waals surface area contributed by atoms with Crippen molar-refractivity contribution in [2.75, 3.05) is 6.61 Å². The lowest BCUT2D eigenvalue weighted by atomic mass is 9.85. The molecule has 27 heavy (non-hydrogen) atoms. The van der Waals surface area contributed by atoms with Crippen molar-refractivity contribution in [3.05, 3.63) is 69.2 Å². The van der Waals surface area contributed by atoms with Crippen LogP contribution in [0.25, 0.3) is 5.57 Å². The van der Waals surface area contributed by atoms with E-state index in [2.05, 4.69) is 19.9 Å². The zero-order valence-corrected chi connectivity index (χ0v) is 16.8. The Morgan fingerprint density at radius 1 is 1.04 bits per heavy atom. The summed E-state index contributed by atoms with van der Waals surface area (Å²) in [5.41, 5.74) is 6.14. The van der Waals surface area contributed by atoms with Crippen molar-refractivity contribution in [1.29, 1.82) is 0 Å². The lowest BCUT2D eigenvalue weighted by Gasteiger charge is -2.28. The number of hydrogen-bond acceptors (Lipinski definition) is 1. The number of hydrogen-bond donors (Lipinski definition) is 0. The summed E-state index contributed by atoms with van der Waals surface area (Å²) in [6, 6.07) is 11.4. The third-order valence-electron chi connectivity index (χ3n) is 5.46. The fourth-order valence-electron chi connectivity index (χ4n) is 3.69. The molecule has 0 N–H and O–H groups in total.